The van der Waals surface area contributed by atoms with E-state index in [9.17, 15) is 0 Å². The molecule has 2 rings (SSSR count). The van der Waals surface area contributed by atoms with Crippen LogP contribution in [0.5, 0.6) is 0 Å². The van der Waals surface area contributed by atoms with Crippen molar-refractivity contribution in [1.82, 2.24) is 15.0 Å². The van der Waals surface area contributed by atoms with Crippen molar-refractivity contribution in [3.8, 4) is 0 Å². The van der Waals surface area contributed by atoms with Crippen LogP contribution < -0.4 is 0 Å². The summed E-state index contributed by atoms with van der Waals surface area (Å²) >= 11 is 10.7. The standard InChI is InChI=1S/C9H5BrClN3S/c10-7-8(11)13-5-14-9(7)15-6-1-3-12-4-2-6/h1-5H. The molecule has 0 bridgehead atoms. The van der Waals surface area contributed by atoms with Crippen LogP contribution in [0, 0.1) is 0 Å². The van der Waals surface area contributed by atoms with E-state index >= 15 is 0 Å². The SMILES string of the molecule is Clc1ncnc(Sc2ccncc2)c1Br. The van der Waals surface area contributed by atoms with Gasteiger partial charge in [-0.25, -0.2) is 9.97 Å². The van der Waals surface area contributed by atoms with Crippen molar-refractivity contribution in [2.24, 2.45) is 0 Å². The minimum atomic E-state index is 0.418. The van der Waals surface area contributed by atoms with Gasteiger partial charge in [0.15, 0.2) is 0 Å². The zero-order valence-electron chi connectivity index (χ0n) is 7.39. The fourth-order valence-corrected chi connectivity index (χ4v) is 2.33. The Bertz CT molecular complexity index is 466. The Morgan fingerprint density at radius 2 is 1.93 bits per heavy atom. The van der Waals surface area contributed by atoms with E-state index in [1.807, 2.05) is 12.1 Å². The minimum absolute atomic E-state index is 0.418. The molecular weight excluding hydrogens is 298 g/mol. The first-order valence-corrected chi connectivity index (χ1v) is 6.00. The van der Waals surface area contributed by atoms with Gasteiger partial charge in [0.25, 0.3) is 0 Å². The van der Waals surface area contributed by atoms with Crippen LogP contribution in [0.2, 0.25) is 5.15 Å². The molecule has 2 aromatic rings. The van der Waals surface area contributed by atoms with Gasteiger partial charge < -0.3 is 0 Å². The Morgan fingerprint density at radius 3 is 2.67 bits per heavy atom. The summed E-state index contributed by atoms with van der Waals surface area (Å²) in [6, 6.07) is 3.82. The molecule has 15 heavy (non-hydrogen) atoms. The Hall–Kier alpha value is -0.650. The molecule has 2 aromatic heterocycles. The van der Waals surface area contributed by atoms with Crippen molar-refractivity contribution in [1.29, 1.82) is 0 Å². The quantitative estimate of drug-likeness (QED) is 0.797. The van der Waals surface area contributed by atoms with Gasteiger partial charge in [-0.05, 0) is 28.1 Å². The van der Waals surface area contributed by atoms with Gasteiger partial charge in [-0.15, -0.1) is 0 Å². The first-order valence-electron chi connectivity index (χ1n) is 4.01. The van der Waals surface area contributed by atoms with Gasteiger partial charge in [-0.1, -0.05) is 23.4 Å². The third-order valence-electron chi connectivity index (χ3n) is 1.58. The summed E-state index contributed by atoms with van der Waals surface area (Å²) in [6.45, 7) is 0. The normalized spacial score (nSPS) is 10.3. The van der Waals surface area contributed by atoms with Crippen molar-refractivity contribution < 1.29 is 0 Å². The molecule has 0 saturated carbocycles. The van der Waals surface area contributed by atoms with E-state index in [2.05, 4.69) is 30.9 Å². The zero-order chi connectivity index (χ0) is 10.7. The highest BCUT2D eigenvalue weighted by molar-refractivity contribution is 9.10. The lowest BCUT2D eigenvalue weighted by Gasteiger charge is -2.02. The molecule has 2 heterocycles. The summed E-state index contributed by atoms with van der Waals surface area (Å²) in [6.07, 6.45) is 4.91. The summed E-state index contributed by atoms with van der Waals surface area (Å²) in [4.78, 5) is 13.0. The maximum atomic E-state index is 5.86. The van der Waals surface area contributed by atoms with Gasteiger partial charge >= 0.3 is 0 Å². The van der Waals surface area contributed by atoms with Gasteiger partial charge in [-0.2, -0.15) is 0 Å². The molecule has 0 spiro atoms. The molecule has 0 N–H and O–H groups in total. The molecule has 0 atom stereocenters. The van der Waals surface area contributed by atoms with E-state index in [4.69, 9.17) is 11.6 Å². The van der Waals surface area contributed by atoms with Gasteiger partial charge in [0.2, 0.25) is 0 Å². The van der Waals surface area contributed by atoms with Crippen molar-refractivity contribution in [3.05, 3.63) is 40.5 Å². The molecular formula is C9H5BrClN3S. The van der Waals surface area contributed by atoms with Gasteiger partial charge in [0.1, 0.15) is 16.5 Å². The molecule has 0 aliphatic heterocycles. The van der Waals surface area contributed by atoms with Crippen LogP contribution in [0.4, 0.5) is 0 Å². The summed E-state index contributed by atoms with van der Waals surface area (Å²) in [5.74, 6) is 0. The monoisotopic (exact) mass is 301 g/mol. The molecule has 0 saturated heterocycles. The summed E-state index contributed by atoms with van der Waals surface area (Å²) < 4.78 is 0.716. The molecule has 0 fully saturated rings. The molecule has 0 aromatic carbocycles. The number of aromatic nitrogens is 3. The van der Waals surface area contributed by atoms with E-state index in [0.717, 1.165) is 9.92 Å². The third-order valence-corrected chi connectivity index (χ3v) is 4.12. The predicted octanol–water partition coefficient (Wildman–Crippen LogP) is 3.44. The van der Waals surface area contributed by atoms with Gasteiger partial charge in [0.05, 0.1) is 4.47 Å². The lowest BCUT2D eigenvalue weighted by atomic mass is 10.5. The van der Waals surface area contributed by atoms with Crippen molar-refractivity contribution in [3.63, 3.8) is 0 Å². The van der Waals surface area contributed by atoms with Crippen LogP contribution in [0.3, 0.4) is 0 Å². The first kappa shape index (κ1) is 10.9. The fourth-order valence-electron chi connectivity index (χ4n) is 0.923. The number of nitrogens with zero attached hydrogens (tertiary/aromatic N) is 3. The second kappa shape index (κ2) is 4.92. The predicted molar refractivity (Wildman–Crippen MR) is 63.1 cm³/mol. The van der Waals surface area contributed by atoms with E-state index < -0.39 is 0 Å². The van der Waals surface area contributed by atoms with Crippen LogP contribution >= 0.6 is 39.3 Å². The zero-order valence-corrected chi connectivity index (χ0v) is 10.6. The van der Waals surface area contributed by atoms with E-state index in [1.54, 1.807) is 12.4 Å². The molecule has 0 radical (unpaired) electrons. The Labute approximate surface area is 104 Å². The largest absolute Gasteiger partial charge is 0.265 e. The van der Waals surface area contributed by atoms with Crippen LogP contribution in [0.25, 0.3) is 0 Å². The van der Waals surface area contributed by atoms with E-state index in [1.165, 1.54) is 18.1 Å². The average Bonchev–Trinajstić information content (AvgIpc) is 2.26. The van der Waals surface area contributed by atoms with Crippen LogP contribution in [-0.2, 0) is 0 Å². The molecule has 6 heteroatoms. The molecule has 0 aliphatic rings. The third kappa shape index (κ3) is 2.68. The Balaban J connectivity index is 2.29. The number of hydrogen-bond donors (Lipinski definition) is 0. The number of rotatable bonds is 2. The molecule has 0 amide bonds. The topological polar surface area (TPSA) is 38.7 Å². The smallest absolute Gasteiger partial charge is 0.147 e. The molecule has 0 unspecified atom stereocenters. The van der Waals surface area contributed by atoms with Crippen LogP contribution in [0.1, 0.15) is 0 Å². The first-order chi connectivity index (χ1) is 7.27. The van der Waals surface area contributed by atoms with Gasteiger partial charge in [0, 0.05) is 17.3 Å². The number of halogens is 2. The summed E-state index contributed by atoms with van der Waals surface area (Å²) in [5, 5.41) is 1.21. The Kier molecular flexibility index (Phi) is 3.56. The fraction of sp³-hybridized carbons (Fsp3) is 0. The highest BCUT2D eigenvalue weighted by Crippen LogP contribution is 2.33. The maximum Gasteiger partial charge on any atom is 0.147 e. The van der Waals surface area contributed by atoms with E-state index in [0.29, 0.717) is 9.63 Å². The van der Waals surface area contributed by atoms with Gasteiger partial charge in [-0.3, -0.25) is 4.98 Å². The highest BCUT2D eigenvalue weighted by atomic mass is 79.9. The Morgan fingerprint density at radius 1 is 1.20 bits per heavy atom. The number of pyridine rings is 1. The average molecular weight is 303 g/mol. The van der Waals surface area contributed by atoms with Crippen LogP contribution in [-0.4, -0.2) is 15.0 Å². The molecule has 3 nitrogen and oxygen atoms in total. The van der Waals surface area contributed by atoms with Crippen molar-refractivity contribution >= 4 is 39.3 Å². The molecule has 76 valence electrons. The summed E-state index contributed by atoms with van der Waals surface area (Å²) in [7, 11) is 0. The second-order valence-electron chi connectivity index (χ2n) is 2.57. The lowest BCUT2D eigenvalue weighted by molar-refractivity contribution is 1.02. The van der Waals surface area contributed by atoms with Crippen LogP contribution in [0.15, 0.2) is 45.2 Å². The highest BCUT2D eigenvalue weighted by Gasteiger charge is 2.07. The number of hydrogen-bond acceptors (Lipinski definition) is 4. The molecule has 0 aliphatic carbocycles. The summed E-state index contributed by atoms with van der Waals surface area (Å²) in [5.41, 5.74) is 0. The second-order valence-corrected chi connectivity index (χ2v) is 4.78. The van der Waals surface area contributed by atoms with Crippen molar-refractivity contribution in [2.45, 2.75) is 9.92 Å². The lowest BCUT2D eigenvalue weighted by Crippen LogP contribution is -1.86. The maximum absolute atomic E-state index is 5.86. The van der Waals surface area contributed by atoms with E-state index in [-0.39, 0.29) is 0 Å². The van der Waals surface area contributed by atoms with Crippen molar-refractivity contribution in [2.75, 3.05) is 0 Å². The minimum Gasteiger partial charge on any atom is -0.265 e.